The molecule has 1 aliphatic heterocycles. The molecule has 0 saturated carbocycles. The van der Waals surface area contributed by atoms with E-state index >= 15 is 0 Å². The molecule has 0 amide bonds. The monoisotopic (exact) mass is 244 g/mol. The summed E-state index contributed by atoms with van der Waals surface area (Å²) in [5.41, 5.74) is 1.12. The van der Waals surface area contributed by atoms with Crippen LogP contribution in [-0.2, 0) is 0 Å². The maximum absolute atomic E-state index is 5.35. The quantitative estimate of drug-likeness (QED) is 0.759. The molecule has 0 spiro atoms. The maximum Gasteiger partial charge on any atom is 0.264 e. The topological polar surface area (TPSA) is 29.3 Å². The molecule has 2 rings (SSSR count). The smallest absolute Gasteiger partial charge is 0.264 e. The predicted octanol–water partition coefficient (Wildman–Crippen LogP) is 2.16. The van der Waals surface area contributed by atoms with Crippen molar-refractivity contribution in [2.24, 2.45) is 0 Å². The molecule has 72 valence electrons. The molecule has 3 nitrogen and oxygen atoms in total. The van der Waals surface area contributed by atoms with Gasteiger partial charge in [0.2, 0.25) is 0 Å². The highest BCUT2D eigenvalue weighted by atomic mass is 79.9. The molecular weight excluding hydrogens is 232 g/mol. The number of rotatable bonds is 1. The molecule has 0 radical (unpaired) electrons. The lowest BCUT2D eigenvalue weighted by atomic mass is 10.0. The summed E-state index contributed by atoms with van der Waals surface area (Å²) in [6.07, 6.45) is 1.19. The molecule has 1 aromatic heterocycles. The van der Waals surface area contributed by atoms with Crippen molar-refractivity contribution in [1.29, 1.82) is 0 Å². The second kappa shape index (κ2) is 3.42. The van der Waals surface area contributed by atoms with Gasteiger partial charge < -0.3 is 9.32 Å². The van der Waals surface area contributed by atoms with Gasteiger partial charge >= 0.3 is 0 Å². The first-order chi connectivity index (χ1) is 6.16. The molecule has 1 aromatic rings. The van der Waals surface area contributed by atoms with Crippen molar-refractivity contribution in [3.8, 4) is 0 Å². The second-order valence-corrected chi connectivity index (χ2v) is 4.33. The number of likely N-dealkylation sites (tertiary alicyclic amines) is 1. The van der Waals surface area contributed by atoms with Gasteiger partial charge in [-0.1, -0.05) is 0 Å². The zero-order valence-electron chi connectivity index (χ0n) is 7.88. The molecular formula is C9H13BrN2O. The fraction of sp³-hybridized carbons (Fsp3) is 0.667. The summed E-state index contributed by atoms with van der Waals surface area (Å²) in [6, 6.07) is 0. The van der Waals surface area contributed by atoms with Crippen molar-refractivity contribution >= 4 is 15.9 Å². The van der Waals surface area contributed by atoms with Gasteiger partial charge in [0, 0.05) is 28.4 Å². The second-order valence-electron chi connectivity index (χ2n) is 3.66. The average Bonchev–Trinajstić information content (AvgIpc) is 2.58. The van der Waals surface area contributed by atoms with Crippen LogP contribution in [0.5, 0.6) is 0 Å². The normalized spacial score (nSPS) is 24.1. The number of hydrogen-bond donors (Lipinski definition) is 0. The van der Waals surface area contributed by atoms with Gasteiger partial charge in [0.05, 0.1) is 5.69 Å². The first-order valence-corrected chi connectivity index (χ1v) is 5.27. The number of aromatic nitrogens is 1. The van der Waals surface area contributed by atoms with Gasteiger partial charge in [-0.25, -0.2) is 4.98 Å². The molecule has 1 fully saturated rings. The Labute approximate surface area is 86.3 Å². The van der Waals surface area contributed by atoms with Crippen LogP contribution in [0.2, 0.25) is 0 Å². The van der Waals surface area contributed by atoms with Gasteiger partial charge in [-0.3, -0.25) is 0 Å². The van der Waals surface area contributed by atoms with E-state index in [1.807, 2.05) is 6.92 Å². The van der Waals surface area contributed by atoms with Crippen molar-refractivity contribution in [2.45, 2.75) is 19.3 Å². The molecule has 0 aromatic carbocycles. The van der Waals surface area contributed by atoms with Crippen molar-refractivity contribution in [3.63, 3.8) is 0 Å². The third-order valence-corrected chi connectivity index (χ3v) is 2.92. The minimum absolute atomic E-state index is 0.556. The van der Waals surface area contributed by atoms with Gasteiger partial charge in [0.15, 0.2) is 0 Å². The molecule has 0 aliphatic carbocycles. The summed E-state index contributed by atoms with van der Waals surface area (Å²) in [7, 11) is 2.14. The van der Waals surface area contributed by atoms with E-state index in [1.165, 1.54) is 6.42 Å². The van der Waals surface area contributed by atoms with Crippen molar-refractivity contribution in [1.82, 2.24) is 9.88 Å². The Hall–Kier alpha value is -0.350. The van der Waals surface area contributed by atoms with Gasteiger partial charge in [0.1, 0.15) is 5.76 Å². The van der Waals surface area contributed by atoms with Gasteiger partial charge in [-0.05, 0) is 26.9 Å². The summed E-state index contributed by atoms with van der Waals surface area (Å²) < 4.78 is 5.35. The first kappa shape index (κ1) is 9.21. The highest BCUT2D eigenvalue weighted by Gasteiger charge is 2.25. The Bertz CT molecular complexity index is 311. The molecule has 0 N–H and O–H groups in total. The van der Waals surface area contributed by atoms with E-state index in [-0.39, 0.29) is 0 Å². The fourth-order valence-corrected chi connectivity index (χ4v) is 2.35. The standard InChI is InChI=1S/C9H13BrN2O/c1-6-8(11-9(10)13-6)7-3-4-12(2)5-7/h7H,3-5H2,1-2H3. The summed E-state index contributed by atoms with van der Waals surface area (Å²) in [4.78, 5) is 7.28. The highest BCUT2D eigenvalue weighted by Crippen LogP contribution is 2.29. The summed E-state index contributed by atoms with van der Waals surface area (Å²) in [5, 5.41) is 0. The number of aryl methyl sites for hydroxylation is 1. The Morgan fingerprint density at radius 2 is 2.38 bits per heavy atom. The Balaban J connectivity index is 2.20. The third kappa shape index (κ3) is 1.79. The van der Waals surface area contributed by atoms with E-state index in [1.54, 1.807) is 0 Å². The number of hydrogen-bond acceptors (Lipinski definition) is 3. The van der Waals surface area contributed by atoms with Crippen LogP contribution in [0.15, 0.2) is 9.22 Å². The van der Waals surface area contributed by atoms with Crippen LogP contribution in [0.25, 0.3) is 0 Å². The molecule has 4 heteroatoms. The van der Waals surface area contributed by atoms with E-state index < -0.39 is 0 Å². The molecule has 0 bridgehead atoms. The molecule has 1 saturated heterocycles. The number of halogens is 1. The minimum atomic E-state index is 0.556. The lowest BCUT2D eigenvalue weighted by molar-refractivity contribution is 0.410. The Kier molecular flexibility index (Phi) is 2.43. The van der Waals surface area contributed by atoms with Crippen LogP contribution in [0.1, 0.15) is 23.8 Å². The van der Waals surface area contributed by atoms with E-state index in [9.17, 15) is 0 Å². The van der Waals surface area contributed by atoms with Crippen molar-refractivity contribution in [2.75, 3.05) is 20.1 Å². The number of oxazole rings is 1. The fourth-order valence-electron chi connectivity index (χ4n) is 1.91. The lowest BCUT2D eigenvalue weighted by Gasteiger charge is -2.07. The van der Waals surface area contributed by atoms with E-state index in [2.05, 4.69) is 32.9 Å². The van der Waals surface area contributed by atoms with Crippen LogP contribution in [0.4, 0.5) is 0 Å². The first-order valence-electron chi connectivity index (χ1n) is 4.48. The molecule has 1 unspecified atom stereocenters. The van der Waals surface area contributed by atoms with Crippen LogP contribution < -0.4 is 0 Å². The zero-order valence-corrected chi connectivity index (χ0v) is 9.47. The predicted molar refractivity (Wildman–Crippen MR) is 53.8 cm³/mol. The Morgan fingerprint density at radius 3 is 2.85 bits per heavy atom. The number of likely N-dealkylation sites (N-methyl/N-ethyl adjacent to an activating group) is 1. The third-order valence-electron chi connectivity index (χ3n) is 2.58. The molecule has 2 heterocycles. The SMILES string of the molecule is Cc1oc(Br)nc1C1CCN(C)C1. The summed E-state index contributed by atoms with van der Waals surface area (Å²) in [6.45, 7) is 4.24. The molecule has 13 heavy (non-hydrogen) atoms. The maximum atomic E-state index is 5.35. The Morgan fingerprint density at radius 1 is 1.62 bits per heavy atom. The minimum Gasteiger partial charge on any atom is -0.436 e. The zero-order chi connectivity index (χ0) is 9.42. The summed E-state index contributed by atoms with van der Waals surface area (Å²) in [5.74, 6) is 1.51. The van der Waals surface area contributed by atoms with E-state index in [4.69, 9.17) is 4.42 Å². The van der Waals surface area contributed by atoms with Crippen LogP contribution >= 0.6 is 15.9 Å². The van der Waals surface area contributed by atoms with Gasteiger partial charge in [-0.15, -0.1) is 0 Å². The molecule has 1 aliphatic rings. The largest absolute Gasteiger partial charge is 0.436 e. The molecule has 1 atom stereocenters. The summed E-state index contributed by atoms with van der Waals surface area (Å²) >= 11 is 3.25. The average molecular weight is 245 g/mol. The van der Waals surface area contributed by atoms with E-state index in [0.29, 0.717) is 10.7 Å². The van der Waals surface area contributed by atoms with E-state index in [0.717, 1.165) is 24.5 Å². The van der Waals surface area contributed by atoms with Crippen molar-refractivity contribution < 1.29 is 4.42 Å². The highest BCUT2D eigenvalue weighted by molar-refractivity contribution is 9.10. The van der Waals surface area contributed by atoms with Gasteiger partial charge in [-0.2, -0.15) is 0 Å². The van der Waals surface area contributed by atoms with Gasteiger partial charge in [0.25, 0.3) is 4.80 Å². The van der Waals surface area contributed by atoms with Crippen LogP contribution in [0.3, 0.4) is 0 Å². The van der Waals surface area contributed by atoms with Crippen LogP contribution in [0, 0.1) is 6.92 Å². The lowest BCUT2D eigenvalue weighted by Crippen LogP contribution is -2.13. The number of nitrogens with zero attached hydrogens (tertiary/aromatic N) is 2. The van der Waals surface area contributed by atoms with Crippen molar-refractivity contribution in [3.05, 3.63) is 16.3 Å². The van der Waals surface area contributed by atoms with Crippen LogP contribution in [-0.4, -0.2) is 30.0 Å².